The molecule has 17 heavy (non-hydrogen) atoms. The summed E-state index contributed by atoms with van der Waals surface area (Å²) in [6.07, 6.45) is 0.653. The number of rotatable bonds is 4. The topological polar surface area (TPSA) is 80.2 Å². The molecule has 1 amide bonds. The van der Waals surface area contributed by atoms with Crippen molar-refractivity contribution < 1.29 is 19.4 Å². The Morgan fingerprint density at radius 3 is 3.00 bits per heavy atom. The number of phenols is 1. The van der Waals surface area contributed by atoms with Gasteiger partial charge in [0.25, 0.3) is 0 Å². The fraction of sp³-hybridized carbons (Fsp3) is 0.273. The Bertz CT molecular complexity index is 418. The van der Waals surface area contributed by atoms with Crippen LogP contribution >= 0.6 is 0 Å². The summed E-state index contributed by atoms with van der Waals surface area (Å²) in [5, 5.41) is 13.3. The normalized spacial score (nSPS) is 10.2. The largest absolute Gasteiger partial charge is 0.504 e. The van der Waals surface area contributed by atoms with Gasteiger partial charge in [-0.2, -0.15) is 5.10 Å². The fourth-order valence-electron chi connectivity index (χ4n) is 1.13. The smallest absolute Gasteiger partial charge is 0.427 e. The first-order chi connectivity index (χ1) is 8.19. The van der Waals surface area contributed by atoms with Gasteiger partial charge in [0, 0.05) is 5.56 Å². The molecule has 0 bridgehead atoms. The molecule has 0 aliphatic carbocycles. The average Bonchev–Trinajstić information content (AvgIpc) is 2.32. The van der Waals surface area contributed by atoms with Crippen molar-refractivity contribution in [3.05, 3.63) is 23.8 Å². The van der Waals surface area contributed by atoms with Crippen molar-refractivity contribution in [2.45, 2.75) is 6.92 Å². The zero-order chi connectivity index (χ0) is 12.7. The first-order valence-electron chi connectivity index (χ1n) is 5.00. The fourth-order valence-corrected chi connectivity index (χ4v) is 1.13. The number of ether oxygens (including phenoxy) is 2. The number of hydrogen-bond donors (Lipinski definition) is 2. The number of hydrazone groups is 1. The molecule has 6 heteroatoms. The first kappa shape index (κ1) is 12.8. The number of aromatic hydroxyl groups is 1. The average molecular weight is 238 g/mol. The molecule has 0 aromatic heterocycles. The molecule has 0 saturated heterocycles. The predicted molar refractivity (Wildman–Crippen MR) is 62.4 cm³/mol. The second kappa shape index (κ2) is 6.37. The quantitative estimate of drug-likeness (QED) is 0.615. The van der Waals surface area contributed by atoms with Crippen LogP contribution in [0.5, 0.6) is 11.5 Å². The Hall–Kier alpha value is -2.24. The van der Waals surface area contributed by atoms with Crippen LogP contribution in [0.1, 0.15) is 12.5 Å². The molecule has 2 N–H and O–H groups in total. The molecule has 1 rings (SSSR count). The van der Waals surface area contributed by atoms with Crippen LogP contribution < -0.4 is 10.2 Å². The molecule has 0 aliphatic heterocycles. The number of carbonyl (C=O) groups excluding carboxylic acids is 1. The van der Waals surface area contributed by atoms with Crippen molar-refractivity contribution in [2.24, 2.45) is 5.10 Å². The van der Waals surface area contributed by atoms with Crippen molar-refractivity contribution in [3.8, 4) is 11.5 Å². The third kappa shape index (κ3) is 3.67. The summed E-state index contributed by atoms with van der Waals surface area (Å²) < 4.78 is 9.53. The van der Waals surface area contributed by atoms with E-state index in [1.165, 1.54) is 13.3 Å². The Labute approximate surface area is 98.9 Å². The highest BCUT2D eigenvalue weighted by atomic mass is 16.5. The number of nitrogens with zero attached hydrogens (tertiary/aromatic N) is 1. The standard InChI is InChI=1S/C11H14N2O4/c1-3-17-11(15)13-12-7-8-5-4-6-9(16-2)10(8)14/h4-7,14H,3H2,1-2H3,(H,13,15)/b12-7-. The third-order valence-corrected chi connectivity index (χ3v) is 1.89. The lowest BCUT2D eigenvalue weighted by Gasteiger charge is -2.04. The van der Waals surface area contributed by atoms with Crippen LogP contribution in [-0.4, -0.2) is 31.1 Å². The number of carbonyl (C=O) groups is 1. The van der Waals surface area contributed by atoms with Gasteiger partial charge in [0.15, 0.2) is 11.5 Å². The summed E-state index contributed by atoms with van der Waals surface area (Å²) in [5.41, 5.74) is 2.58. The zero-order valence-electron chi connectivity index (χ0n) is 9.64. The summed E-state index contributed by atoms with van der Waals surface area (Å²) in [6.45, 7) is 1.96. The van der Waals surface area contributed by atoms with Gasteiger partial charge in [0.05, 0.1) is 19.9 Å². The van der Waals surface area contributed by atoms with E-state index in [-0.39, 0.29) is 12.4 Å². The molecular formula is C11H14N2O4. The summed E-state index contributed by atoms with van der Waals surface area (Å²) in [7, 11) is 1.45. The number of benzene rings is 1. The van der Waals surface area contributed by atoms with Crippen LogP contribution in [0.25, 0.3) is 0 Å². The van der Waals surface area contributed by atoms with Gasteiger partial charge in [0.2, 0.25) is 0 Å². The number of amides is 1. The third-order valence-electron chi connectivity index (χ3n) is 1.89. The molecule has 0 saturated carbocycles. The number of nitrogens with one attached hydrogen (secondary N) is 1. The molecule has 0 spiro atoms. The van der Waals surface area contributed by atoms with Gasteiger partial charge in [-0.1, -0.05) is 6.07 Å². The second-order valence-corrected chi connectivity index (χ2v) is 2.99. The van der Waals surface area contributed by atoms with Crippen molar-refractivity contribution >= 4 is 12.3 Å². The van der Waals surface area contributed by atoms with Crippen LogP contribution in [0.2, 0.25) is 0 Å². The lowest BCUT2D eigenvalue weighted by atomic mass is 10.2. The molecular weight excluding hydrogens is 224 g/mol. The van der Waals surface area contributed by atoms with E-state index in [9.17, 15) is 9.90 Å². The summed E-state index contributed by atoms with van der Waals surface area (Å²) in [5.74, 6) is 0.300. The van der Waals surface area contributed by atoms with Crippen molar-refractivity contribution in [3.63, 3.8) is 0 Å². The molecule has 0 fully saturated rings. The van der Waals surface area contributed by atoms with E-state index < -0.39 is 6.09 Å². The van der Waals surface area contributed by atoms with Crippen LogP contribution in [-0.2, 0) is 4.74 Å². The van der Waals surface area contributed by atoms with Crippen LogP contribution in [0.3, 0.4) is 0 Å². The molecule has 0 aliphatic rings. The van der Waals surface area contributed by atoms with E-state index in [0.717, 1.165) is 0 Å². The van der Waals surface area contributed by atoms with Gasteiger partial charge < -0.3 is 14.6 Å². The minimum Gasteiger partial charge on any atom is -0.504 e. The van der Waals surface area contributed by atoms with E-state index >= 15 is 0 Å². The summed E-state index contributed by atoms with van der Waals surface area (Å²) in [4.78, 5) is 10.9. The number of methoxy groups -OCH3 is 1. The maximum absolute atomic E-state index is 10.9. The molecule has 1 aromatic rings. The number of para-hydroxylation sites is 1. The lowest BCUT2D eigenvalue weighted by Crippen LogP contribution is -2.18. The highest BCUT2D eigenvalue weighted by Gasteiger charge is 2.04. The zero-order valence-corrected chi connectivity index (χ0v) is 9.64. The van der Waals surface area contributed by atoms with Crippen LogP contribution in [0.15, 0.2) is 23.3 Å². The monoisotopic (exact) mass is 238 g/mol. The van der Waals surface area contributed by atoms with E-state index in [1.807, 2.05) is 0 Å². The first-order valence-corrected chi connectivity index (χ1v) is 5.00. The molecule has 1 aromatic carbocycles. The molecule has 0 atom stereocenters. The maximum Gasteiger partial charge on any atom is 0.427 e. The molecule has 0 unspecified atom stereocenters. The van der Waals surface area contributed by atoms with Crippen LogP contribution in [0.4, 0.5) is 4.79 Å². The van der Waals surface area contributed by atoms with E-state index in [4.69, 9.17) is 4.74 Å². The van der Waals surface area contributed by atoms with Gasteiger partial charge in [-0.3, -0.25) is 0 Å². The number of phenolic OH excluding ortho intramolecular Hbond substituents is 1. The van der Waals surface area contributed by atoms with Gasteiger partial charge in [-0.05, 0) is 19.1 Å². The van der Waals surface area contributed by atoms with Crippen molar-refractivity contribution in [2.75, 3.05) is 13.7 Å². The SMILES string of the molecule is CCOC(=O)N/N=C\c1cccc(OC)c1O. The maximum atomic E-state index is 10.9. The molecule has 0 radical (unpaired) electrons. The Morgan fingerprint density at radius 1 is 1.59 bits per heavy atom. The van der Waals surface area contributed by atoms with Crippen LogP contribution in [0, 0.1) is 0 Å². The molecule has 92 valence electrons. The van der Waals surface area contributed by atoms with Gasteiger partial charge in [-0.15, -0.1) is 0 Å². The minimum atomic E-state index is -0.647. The Kier molecular flexibility index (Phi) is 4.80. The van der Waals surface area contributed by atoms with E-state index in [2.05, 4.69) is 15.3 Å². The summed E-state index contributed by atoms with van der Waals surface area (Å²) in [6, 6.07) is 4.95. The van der Waals surface area contributed by atoms with Gasteiger partial charge in [-0.25, -0.2) is 10.2 Å². The van der Waals surface area contributed by atoms with E-state index in [0.29, 0.717) is 11.3 Å². The molecule has 0 heterocycles. The van der Waals surface area contributed by atoms with E-state index in [1.54, 1.807) is 25.1 Å². The van der Waals surface area contributed by atoms with Gasteiger partial charge >= 0.3 is 6.09 Å². The Balaban J connectivity index is 2.68. The highest BCUT2D eigenvalue weighted by Crippen LogP contribution is 2.27. The lowest BCUT2D eigenvalue weighted by molar-refractivity contribution is 0.152. The van der Waals surface area contributed by atoms with Crippen molar-refractivity contribution in [1.29, 1.82) is 0 Å². The predicted octanol–water partition coefficient (Wildman–Crippen LogP) is 1.48. The highest BCUT2D eigenvalue weighted by molar-refractivity contribution is 5.85. The Morgan fingerprint density at radius 2 is 2.35 bits per heavy atom. The molecule has 6 nitrogen and oxygen atoms in total. The van der Waals surface area contributed by atoms with Crippen molar-refractivity contribution in [1.82, 2.24) is 5.43 Å². The summed E-state index contributed by atoms with van der Waals surface area (Å²) >= 11 is 0. The van der Waals surface area contributed by atoms with Gasteiger partial charge in [0.1, 0.15) is 0 Å². The second-order valence-electron chi connectivity index (χ2n) is 2.99. The number of hydrogen-bond acceptors (Lipinski definition) is 5. The minimum absolute atomic E-state index is 0.0376.